The van der Waals surface area contributed by atoms with Crippen molar-refractivity contribution in [3.8, 4) is 6.07 Å². The predicted molar refractivity (Wildman–Crippen MR) is 47.1 cm³/mol. The quantitative estimate of drug-likeness (QED) is 0.566. The molecule has 1 aromatic rings. The van der Waals surface area contributed by atoms with E-state index in [0.29, 0.717) is 5.56 Å². The first kappa shape index (κ1) is 8.88. The Balaban J connectivity index is 3.04. The third kappa shape index (κ3) is 1.89. The Hall–Kier alpha value is -1.21. The fourth-order valence-electron chi connectivity index (χ4n) is 0.742. The van der Waals surface area contributed by atoms with Crippen LogP contribution in [0.5, 0.6) is 0 Å². The lowest BCUT2D eigenvalue weighted by atomic mass is 10.2. The minimum atomic E-state index is -0.0473. The Morgan fingerprint density at radius 1 is 1.75 bits per heavy atom. The van der Waals surface area contributed by atoms with Crippen LogP contribution in [0.2, 0.25) is 0 Å². The second-order valence-electron chi connectivity index (χ2n) is 2.10. The molecule has 0 unspecified atom stereocenters. The van der Waals surface area contributed by atoms with E-state index in [4.69, 9.17) is 5.26 Å². The van der Waals surface area contributed by atoms with Crippen LogP contribution >= 0.6 is 15.9 Å². The van der Waals surface area contributed by atoms with E-state index in [2.05, 4.69) is 20.9 Å². The van der Waals surface area contributed by atoms with Crippen LogP contribution in [0.15, 0.2) is 18.3 Å². The van der Waals surface area contributed by atoms with Crippen LogP contribution in [0.4, 0.5) is 0 Å². The van der Waals surface area contributed by atoms with Crippen molar-refractivity contribution in [2.75, 3.05) is 5.33 Å². The molecule has 0 radical (unpaired) electrons. The SMILES string of the molecule is N#Cc1cc(C(=O)CBr)ccn1. The summed E-state index contributed by atoms with van der Waals surface area (Å²) < 4.78 is 0. The summed E-state index contributed by atoms with van der Waals surface area (Å²) in [7, 11) is 0. The Bertz CT molecular complexity index is 343. The Morgan fingerprint density at radius 3 is 3.08 bits per heavy atom. The van der Waals surface area contributed by atoms with Gasteiger partial charge in [0.15, 0.2) is 5.78 Å². The summed E-state index contributed by atoms with van der Waals surface area (Å²) in [5.74, 6) is -0.0473. The van der Waals surface area contributed by atoms with E-state index in [1.54, 1.807) is 6.07 Å². The number of carbonyl (C=O) groups excluding carboxylic acids is 1. The summed E-state index contributed by atoms with van der Waals surface area (Å²) in [6, 6.07) is 4.93. The van der Waals surface area contributed by atoms with Gasteiger partial charge in [-0.1, -0.05) is 15.9 Å². The number of nitriles is 1. The monoisotopic (exact) mass is 224 g/mol. The highest BCUT2D eigenvalue weighted by Crippen LogP contribution is 2.03. The molecule has 0 fully saturated rings. The van der Waals surface area contributed by atoms with Gasteiger partial charge in [0.05, 0.1) is 5.33 Å². The Labute approximate surface area is 78.2 Å². The molecular weight excluding hydrogens is 220 g/mol. The van der Waals surface area contributed by atoms with Gasteiger partial charge in [-0.3, -0.25) is 4.79 Å². The van der Waals surface area contributed by atoms with E-state index in [-0.39, 0.29) is 16.8 Å². The van der Waals surface area contributed by atoms with Gasteiger partial charge in [0.1, 0.15) is 11.8 Å². The summed E-state index contributed by atoms with van der Waals surface area (Å²) >= 11 is 3.05. The molecule has 0 amide bonds. The fourth-order valence-corrected chi connectivity index (χ4v) is 1.07. The predicted octanol–water partition coefficient (Wildman–Crippen LogP) is 1.53. The molecule has 0 aliphatic heterocycles. The molecule has 3 nitrogen and oxygen atoms in total. The van der Waals surface area contributed by atoms with Crippen LogP contribution in [0.1, 0.15) is 16.1 Å². The molecule has 0 spiro atoms. The summed E-state index contributed by atoms with van der Waals surface area (Å²) in [5.41, 5.74) is 0.778. The Kier molecular flexibility index (Phi) is 2.94. The second-order valence-corrected chi connectivity index (χ2v) is 2.66. The van der Waals surface area contributed by atoms with Crippen molar-refractivity contribution >= 4 is 21.7 Å². The molecule has 12 heavy (non-hydrogen) atoms. The van der Waals surface area contributed by atoms with Crippen molar-refractivity contribution in [1.82, 2.24) is 4.98 Å². The highest BCUT2D eigenvalue weighted by molar-refractivity contribution is 9.09. The average molecular weight is 225 g/mol. The smallest absolute Gasteiger partial charge is 0.173 e. The maximum absolute atomic E-state index is 11.1. The topological polar surface area (TPSA) is 53.8 Å². The number of hydrogen-bond acceptors (Lipinski definition) is 3. The lowest BCUT2D eigenvalue weighted by molar-refractivity contribution is 0.102. The molecule has 0 saturated heterocycles. The zero-order chi connectivity index (χ0) is 8.97. The largest absolute Gasteiger partial charge is 0.293 e. The number of halogens is 1. The summed E-state index contributed by atoms with van der Waals surface area (Å²) in [6.07, 6.45) is 1.45. The first-order chi connectivity index (χ1) is 5.77. The van der Waals surface area contributed by atoms with Crippen molar-refractivity contribution < 1.29 is 4.79 Å². The molecule has 0 saturated carbocycles. The molecule has 1 rings (SSSR count). The number of ketones is 1. The van der Waals surface area contributed by atoms with E-state index >= 15 is 0 Å². The van der Waals surface area contributed by atoms with Crippen molar-refractivity contribution in [2.24, 2.45) is 0 Å². The van der Waals surface area contributed by atoms with Crippen LogP contribution in [0.25, 0.3) is 0 Å². The van der Waals surface area contributed by atoms with Crippen LogP contribution in [-0.2, 0) is 0 Å². The van der Waals surface area contributed by atoms with E-state index in [9.17, 15) is 4.79 Å². The van der Waals surface area contributed by atoms with Gasteiger partial charge in [0.25, 0.3) is 0 Å². The van der Waals surface area contributed by atoms with Crippen molar-refractivity contribution in [3.05, 3.63) is 29.6 Å². The van der Waals surface area contributed by atoms with Crippen LogP contribution in [-0.4, -0.2) is 16.1 Å². The van der Waals surface area contributed by atoms with Crippen LogP contribution in [0.3, 0.4) is 0 Å². The first-order valence-corrected chi connectivity index (χ1v) is 4.35. The third-order valence-electron chi connectivity index (χ3n) is 1.32. The van der Waals surface area contributed by atoms with Crippen LogP contribution < -0.4 is 0 Å². The molecule has 0 bridgehead atoms. The highest BCUT2D eigenvalue weighted by Gasteiger charge is 2.03. The lowest BCUT2D eigenvalue weighted by Gasteiger charge is -1.95. The number of pyridine rings is 1. The number of Topliss-reactive ketones (excluding diaryl/α,β-unsaturated/α-hetero) is 1. The van der Waals surface area contributed by atoms with Crippen molar-refractivity contribution in [3.63, 3.8) is 0 Å². The molecule has 0 aliphatic rings. The molecule has 0 atom stereocenters. The van der Waals surface area contributed by atoms with Crippen LogP contribution in [0, 0.1) is 11.3 Å². The Morgan fingerprint density at radius 2 is 2.50 bits per heavy atom. The normalized spacial score (nSPS) is 9.00. The average Bonchev–Trinajstić information content (AvgIpc) is 2.17. The summed E-state index contributed by atoms with van der Waals surface area (Å²) in [4.78, 5) is 14.8. The lowest BCUT2D eigenvalue weighted by Crippen LogP contribution is -2.00. The van der Waals surface area contributed by atoms with Gasteiger partial charge in [-0.05, 0) is 12.1 Å². The fraction of sp³-hybridized carbons (Fsp3) is 0.125. The molecule has 1 heterocycles. The van der Waals surface area contributed by atoms with Gasteiger partial charge in [-0.25, -0.2) is 4.98 Å². The standard InChI is InChI=1S/C8H5BrN2O/c9-4-8(12)6-1-2-11-7(3-6)5-10/h1-3H,4H2. The zero-order valence-corrected chi connectivity index (χ0v) is 7.71. The first-order valence-electron chi connectivity index (χ1n) is 3.23. The molecule has 60 valence electrons. The number of hydrogen-bond donors (Lipinski definition) is 0. The van der Waals surface area contributed by atoms with Gasteiger partial charge < -0.3 is 0 Å². The van der Waals surface area contributed by atoms with Gasteiger partial charge in [0, 0.05) is 11.8 Å². The minimum Gasteiger partial charge on any atom is -0.293 e. The number of carbonyl (C=O) groups is 1. The molecular formula is C8H5BrN2O. The van der Waals surface area contributed by atoms with Gasteiger partial charge in [-0.2, -0.15) is 5.26 Å². The molecule has 1 aromatic heterocycles. The number of alkyl halides is 1. The third-order valence-corrected chi connectivity index (χ3v) is 1.83. The second kappa shape index (κ2) is 3.98. The van der Waals surface area contributed by atoms with Gasteiger partial charge in [-0.15, -0.1) is 0 Å². The molecule has 0 N–H and O–H groups in total. The highest BCUT2D eigenvalue weighted by atomic mass is 79.9. The minimum absolute atomic E-state index is 0.0473. The summed E-state index contributed by atoms with van der Waals surface area (Å²) in [6.45, 7) is 0. The van der Waals surface area contributed by atoms with Crippen molar-refractivity contribution in [2.45, 2.75) is 0 Å². The van der Waals surface area contributed by atoms with E-state index in [1.165, 1.54) is 12.3 Å². The molecule has 0 aliphatic carbocycles. The number of aromatic nitrogens is 1. The maximum Gasteiger partial charge on any atom is 0.173 e. The maximum atomic E-state index is 11.1. The van der Waals surface area contributed by atoms with E-state index in [1.807, 2.05) is 6.07 Å². The zero-order valence-electron chi connectivity index (χ0n) is 6.12. The number of nitrogens with zero attached hydrogens (tertiary/aromatic N) is 2. The van der Waals surface area contributed by atoms with E-state index in [0.717, 1.165) is 0 Å². The molecule has 4 heteroatoms. The number of rotatable bonds is 2. The van der Waals surface area contributed by atoms with E-state index < -0.39 is 0 Å². The molecule has 0 aromatic carbocycles. The van der Waals surface area contributed by atoms with Gasteiger partial charge >= 0.3 is 0 Å². The summed E-state index contributed by atoms with van der Waals surface area (Å²) in [5, 5.41) is 8.75. The van der Waals surface area contributed by atoms with Gasteiger partial charge in [0.2, 0.25) is 0 Å². The van der Waals surface area contributed by atoms with Crippen molar-refractivity contribution in [1.29, 1.82) is 5.26 Å².